The van der Waals surface area contributed by atoms with Gasteiger partial charge in [0, 0.05) is 43.3 Å². The van der Waals surface area contributed by atoms with Crippen LogP contribution in [0.2, 0.25) is 0 Å². The number of ether oxygens (including phenoxy) is 1. The van der Waals surface area contributed by atoms with Gasteiger partial charge >= 0.3 is 5.56 Å². The Labute approximate surface area is 204 Å². The highest BCUT2D eigenvalue weighted by Gasteiger charge is 2.42. The van der Waals surface area contributed by atoms with Gasteiger partial charge in [0.1, 0.15) is 11.5 Å². The fourth-order valence-electron chi connectivity index (χ4n) is 5.98. The molecule has 3 aromatic heterocycles. The molecule has 0 saturated heterocycles. The number of aromatic nitrogens is 4. The predicted molar refractivity (Wildman–Crippen MR) is 133 cm³/mol. The molecule has 0 atom stereocenters. The first-order valence-corrected chi connectivity index (χ1v) is 13.1. The molecule has 1 aliphatic heterocycles. The Balaban J connectivity index is 1.44. The van der Waals surface area contributed by atoms with E-state index >= 15 is 0 Å². The summed E-state index contributed by atoms with van der Waals surface area (Å²) in [5.41, 5.74) is 0.735. The molecule has 0 unspecified atom stereocenters. The lowest BCUT2D eigenvalue weighted by Gasteiger charge is -2.35. The van der Waals surface area contributed by atoms with Crippen molar-refractivity contribution in [2.45, 2.75) is 82.8 Å². The molecular weight excluding hydrogens is 442 g/mol. The minimum absolute atomic E-state index is 0.0837. The largest absolute Gasteiger partial charge is 0.486 e. The van der Waals surface area contributed by atoms with Crippen LogP contribution in [0.15, 0.2) is 35.4 Å². The van der Waals surface area contributed by atoms with Gasteiger partial charge in [0.15, 0.2) is 5.69 Å². The summed E-state index contributed by atoms with van der Waals surface area (Å²) in [6, 6.07) is 6.45. The Morgan fingerprint density at radius 1 is 1.14 bits per heavy atom. The molecule has 3 aromatic rings. The van der Waals surface area contributed by atoms with Crippen LogP contribution in [0.3, 0.4) is 0 Å². The molecule has 3 aliphatic rings. The molecular formula is C27H33N5O3. The topological polar surface area (TPSA) is 82.2 Å². The minimum atomic E-state index is -0.419. The van der Waals surface area contributed by atoms with Gasteiger partial charge in [0.25, 0.3) is 5.91 Å². The average Bonchev–Trinajstić information content (AvgIpc) is 3.43. The zero-order valence-electron chi connectivity index (χ0n) is 20.4. The number of amides is 1. The summed E-state index contributed by atoms with van der Waals surface area (Å²) in [4.78, 5) is 38.1. The van der Waals surface area contributed by atoms with Gasteiger partial charge in [-0.25, -0.2) is 4.98 Å². The maximum absolute atomic E-state index is 13.6. The highest BCUT2D eigenvalue weighted by atomic mass is 16.5. The summed E-state index contributed by atoms with van der Waals surface area (Å²) in [5.74, 6) is 0.738. The highest BCUT2D eigenvalue weighted by Crippen LogP contribution is 2.42. The van der Waals surface area contributed by atoms with Crippen LogP contribution in [0.25, 0.3) is 11.0 Å². The quantitative estimate of drug-likeness (QED) is 0.462. The number of pyridine rings is 1. The molecule has 8 heteroatoms. The van der Waals surface area contributed by atoms with E-state index in [1.54, 1.807) is 0 Å². The molecule has 1 amide bonds. The number of carbonyl (C=O) groups is 1. The van der Waals surface area contributed by atoms with Crippen molar-refractivity contribution in [1.82, 2.24) is 24.0 Å². The van der Waals surface area contributed by atoms with Crippen LogP contribution in [0, 0.1) is 0 Å². The van der Waals surface area contributed by atoms with Crippen molar-refractivity contribution in [1.29, 1.82) is 0 Å². The summed E-state index contributed by atoms with van der Waals surface area (Å²) >= 11 is 0. The number of carbonyl (C=O) groups excluding carboxylic acids is 1. The molecule has 35 heavy (non-hydrogen) atoms. The Kier molecular flexibility index (Phi) is 5.61. The van der Waals surface area contributed by atoms with E-state index in [1.807, 2.05) is 21.7 Å². The minimum Gasteiger partial charge on any atom is -0.486 e. The lowest BCUT2D eigenvalue weighted by Crippen LogP contribution is -2.46. The molecule has 2 aliphatic carbocycles. The maximum Gasteiger partial charge on any atom is 0.316 e. The summed E-state index contributed by atoms with van der Waals surface area (Å²) in [5, 5.41) is 1.11. The molecule has 0 radical (unpaired) electrons. The first kappa shape index (κ1) is 22.3. The predicted octanol–water partition coefficient (Wildman–Crippen LogP) is 3.90. The fraction of sp³-hybridized carbons (Fsp3) is 0.556. The van der Waals surface area contributed by atoms with Crippen LogP contribution < -0.4 is 10.3 Å². The molecule has 2 fully saturated rings. The Morgan fingerprint density at radius 2 is 1.97 bits per heavy atom. The molecule has 0 spiro atoms. The van der Waals surface area contributed by atoms with Gasteiger partial charge in [-0.3, -0.25) is 9.59 Å². The zero-order valence-corrected chi connectivity index (χ0v) is 20.4. The third-order valence-electron chi connectivity index (χ3n) is 7.96. The lowest BCUT2D eigenvalue weighted by molar-refractivity contribution is 0.0675. The van der Waals surface area contributed by atoms with Gasteiger partial charge in [0.2, 0.25) is 5.75 Å². The van der Waals surface area contributed by atoms with E-state index in [0.717, 1.165) is 62.4 Å². The van der Waals surface area contributed by atoms with Crippen LogP contribution in [0.4, 0.5) is 0 Å². The van der Waals surface area contributed by atoms with Crippen LogP contribution in [-0.2, 0) is 18.5 Å². The average molecular weight is 476 g/mol. The summed E-state index contributed by atoms with van der Waals surface area (Å²) in [6.07, 6.45) is 12.7. The van der Waals surface area contributed by atoms with Crippen molar-refractivity contribution in [2.75, 3.05) is 13.2 Å². The van der Waals surface area contributed by atoms with Gasteiger partial charge in [-0.2, -0.15) is 4.98 Å². The molecule has 6 rings (SSSR count). The first-order chi connectivity index (χ1) is 17.1. The van der Waals surface area contributed by atoms with Crippen molar-refractivity contribution in [3.05, 3.63) is 52.5 Å². The smallest absolute Gasteiger partial charge is 0.316 e. The Hall–Kier alpha value is -3.16. The van der Waals surface area contributed by atoms with E-state index in [1.165, 1.54) is 0 Å². The zero-order chi connectivity index (χ0) is 24.0. The molecule has 8 nitrogen and oxygen atoms in total. The highest BCUT2D eigenvalue weighted by molar-refractivity contribution is 5.96. The van der Waals surface area contributed by atoms with Crippen LogP contribution in [-0.4, -0.2) is 49.1 Å². The maximum atomic E-state index is 13.6. The molecule has 0 aromatic carbocycles. The standard InChI is InChI=1S/C27H33N5O3/c1-2-3-17-35-23-22-26(34)30(20-8-9-20)15-16-31(22)21(29-25(23)33)18-27(11-4-5-12-27)32-14-10-19-7-6-13-28-24(19)32/h6-7,10,13-14,20H,2-5,8-9,11-12,15-18H2,1H3. The fourth-order valence-corrected chi connectivity index (χ4v) is 5.98. The van der Waals surface area contributed by atoms with Crippen LogP contribution in [0.1, 0.15) is 74.6 Å². The normalized spacial score (nSPS) is 19.3. The second-order valence-electron chi connectivity index (χ2n) is 10.3. The van der Waals surface area contributed by atoms with Gasteiger partial charge in [0.05, 0.1) is 12.1 Å². The van der Waals surface area contributed by atoms with Crippen molar-refractivity contribution in [3.8, 4) is 5.75 Å². The monoisotopic (exact) mass is 475 g/mol. The molecule has 184 valence electrons. The molecule has 0 bridgehead atoms. The van der Waals surface area contributed by atoms with Gasteiger partial charge < -0.3 is 18.8 Å². The van der Waals surface area contributed by atoms with Gasteiger partial charge in [-0.1, -0.05) is 26.2 Å². The number of nitrogens with zero attached hydrogens (tertiary/aromatic N) is 5. The number of unbranched alkanes of at least 4 members (excludes halogenated alkanes) is 1. The second-order valence-corrected chi connectivity index (χ2v) is 10.3. The summed E-state index contributed by atoms with van der Waals surface area (Å²) < 4.78 is 10.2. The van der Waals surface area contributed by atoms with E-state index in [4.69, 9.17) is 4.74 Å². The third-order valence-corrected chi connectivity index (χ3v) is 7.96. The van der Waals surface area contributed by atoms with E-state index < -0.39 is 5.56 Å². The van der Waals surface area contributed by atoms with Crippen molar-refractivity contribution < 1.29 is 9.53 Å². The Bertz CT molecular complexity index is 1320. The molecule has 4 heterocycles. The SMILES string of the molecule is CCCCOc1c2n(c(CC3(n4ccc5cccnc54)CCCC3)nc1=O)CCN(C1CC1)C2=O. The van der Waals surface area contributed by atoms with E-state index in [2.05, 4.69) is 39.8 Å². The Morgan fingerprint density at radius 3 is 2.74 bits per heavy atom. The van der Waals surface area contributed by atoms with Crippen molar-refractivity contribution in [2.24, 2.45) is 0 Å². The molecule has 2 saturated carbocycles. The van der Waals surface area contributed by atoms with Gasteiger partial charge in [-0.05, 0) is 50.3 Å². The van der Waals surface area contributed by atoms with E-state index in [9.17, 15) is 9.59 Å². The van der Waals surface area contributed by atoms with Crippen LogP contribution in [0.5, 0.6) is 5.75 Å². The third kappa shape index (κ3) is 3.83. The number of hydrogen-bond donors (Lipinski definition) is 0. The van der Waals surface area contributed by atoms with Gasteiger partial charge in [-0.15, -0.1) is 0 Å². The first-order valence-electron chi connectivity index (χ1n) is 13.1. The lowest BCUT2D eigenvalue weighted by atomic mass is 9.91. The van der Waals surface area contributed by atoms with E-state index in [-0.39, 0.29) is 17.2 Å². The van der Waals surface area contributed by atoms with Crippen molar-refractivity contribution in [3.63, 3.8) is 0 Å². The number of rotatable bonds is 8. The van der Waals surface area contributed by atoms with Crippen molar-refractivity contribution >= 4 is 16.9 Å². The summed E-state index contributed by atoms with van der Waals surface area (Å²) in [7, 11) is 0. The summed E-state index contributed by atoms with van der Waals surface area (Å²) in [6.45, 7) is 3.80. The number of fused-ring (bicyclic) bond motifs is 2. The number of hydrogen-bond acceptors (Lipinski definition) is 5. The molecule has 0 N–H and O–H groups in total. The second kappa shape index (κ2) is 8.81. The van der Waals surface area contributed by atoms with Crippen LogP contribution >= 0.6 is 0 Å². The van der Waals surface area contributed by atoms with E-state index in [0.29, 0.717) is 43.7 Å².